The molecule has 0 saturated heterocycles. The van der Waals surface area contributed by atoms with E-state index in [2.05, 4.69) is 10.5 Å². The highest BCUT2D eigenvalue weighted by Crippen LogP contribution is 2.25. The Hall–Kier alpha value is -5.17. The van der Waals surface area contributed by atoms with Crippen molar-refractivity contribution in [2.45, 2.75) is 20.0 Å². The summed E-state index contributed by atoms with van der Waals surface area (Å²) in [6.45, 7) is 3.18. The number of nitrogens with one attached hydrogen (secondary N) is 1. The average Bonchev–Trinajstić information content (AvgIpc) is 3.44. The number of hydrogen-bond donors (Lipinski definition) is 1. The molecule has 7 nitrogen and oxygen atoms in total. The predicted molar refractivity (Wildman–Crippen MR) is 157 cm³/mol. The zero-order valence-corrected chi connectivity index (χ0v) is 22.2. The van der Waals surface area contributed by atoms with Gasteiger partial charge >= 0.3 is 0 Å². The number of benzene rings is 4. The molecule has 1 aromatic heterocycles. The zero-order chi connectivity index (χ0) is 27.6. The van der Waals surface area contributed by atoms with Crippen LogP contribution in [0.5, 0.6) is 11.5 Å². The van der Waals surface area contributed by atoms with Crippen LogP contribution < -0.4 is 14.9 Å². The summed E-state index contributed by atoms with van der Waals surface area (Å²) in [5, 5.41) is 9.05. The van der Waals surface area contributed by atoms with Gasteiger partial charge in [-0.15, -0.1) is 0 Å². The molecule has 1 amide bonds. The highest BCUT2D eigenvalue weighted by atomic mass is 16.5. The minimum atomic E-state index is -0.310. The molecule has 0 spiro atoms. The van der Waals surface area contributed by atoms with E-state index in [0.717, 1.165) is 46.0 Å². The summed E-state index contributed by atoms with van der Waals surface area (Å²) >= 11 is 0. The minimum absolute atomic E-state index is 0.310. The second-order valence-corrected chi connectivity index (χ2v) is 9.08. The van der Waals surface area contributed by atoms with E-state index in [0.29, 0.717) is 18.8 Å². The molecule has 0 radical (unpaired) electrons. The molecular formula is C33H30N4O3. The van der Waals surface area contributed by atoms with E-state index in [1.807, 2.05) is 98.0 Å². The van der Waals surface area contributed by atoms with E-state index in [1.54, 1.807) is 35.2 Å². The molecule has 1 N–H and O–H groups in total. The van der Waals surface area contributed by atoms with Crippen LogP contribution in [0.3, 0.4) is 0 Å². The number of hydrogen-bond acceptors (Lipinski definition) is 5. The second-order valence-electron chi connectivity index (χ2n) is 9.08. The number of hydrazone groups is 1. The molecule has 0 aliphatic carbocycles. The minimum Gasteiger partial charge on any atom is -0.494 e. The number of amides is 1. The molecule has 0 atom stereocenters. The van der Waals surface area contributed by atoms with Gasteiger partial charge in [0, 0.05) is 22.9 Å². The lowest BCUT2D eigenvalue weighted by Gasteiger charge is -2.07. The first kappa shape index (κ1) is 26.4. The Kier molecular flexibility index (Phi) is 8.63. The van der Waals surface area contributed by atoms with Crippen molar-refractivity contribution in [3.63, 3.8) is 0 Å². The van der Waals surface area contributed by atoms with Gasteiger partial charge in [0.1, 0.15) is 23.8 Å². The van der Waals surface area contributed by atoms with Crippen LogP contribution >= 0.6 is 0 Å². The van der Waals surface area contributed by atoms with E-state index < -0.39 is 0 Å². The van der Waals surface area contributed by atoms with Crippen LogP contribution in [-0.4, -0.2) is 28.5 Å². The van der Waals surface area contributed by atoms with Crippen LogP contribution in [0.4, 0.5) is 0 Å². The molecule has 0 fully saturated rings. The number of ether oxygens (including phenoxy) is 2. The highest BCUT2D eigenvalue weighted by molar-refractivity contribution is 5.95. The molecule has 0 saturated carbocycles. The van der Waals surface area contributed by atoms with Crippen LogP contribution in [0.15, 0.2) is 120 Å². The van der Waals surface area contributed by atoms with Crippen LogP contribution in [0.1, 0.15) is 34.8 Å². The first-order chi connectivity index (χ1) is 19.7. The third-order valence-electron chi connectivity index (χ3n) is 6.10. The summed E-state index contributed by atoms with van der Waals surface area (Å²) in [6.07, 6.45) is 4.42. The number of rotatable bonds is 11. The summed E-state index contributed by atoms with van der Waals surface area (Å²) in [5.41, 5.74) is 7.51. The van der Waals surface area contributed by atoms with Gasteiger partial charge in [-0.2, -0.15) is 10.2 Å². The Morgan fingerprint density at radius 3 is 2.20 bits per heavy atom. The van der Waals surface area contributed by atoms with Gasteiger partial charge in [-0.25, -0.2) is 10.1 Å². The highest BCUT2D eigenvalue weighted by Gasteiger charge is 2.12. The molecule has 4 aromatic carbocycles. The van der Waals surface area contributed by atoms with Gasteiger partial charge in [0.15, 0.2) is 0 Å². The van der Waals surface area contributed by atoms with Crippen LogP contribution in [0, 0.1) is 0 Å². The molecule has 5 aromatic rings. The van der Waals surface area contributed by atoms with Gasteiger partial charge < -0.3 is 9.47 Å². The average molecular weight is 531 g/mol. The Morgan fingerprint density at radius 2 is 1.50 bits per heavy atom. The normalized spacial score (nSPS) is 10.9. The van der Waals surface area contributed by atoms with Gasteiger partial charge in [0.2, 0.25) is 0 Å². The molecule has 7 heteroatoms. The maximum atomic E-state index is 12.6. The topological polar surface area (TPSA) is 77.7 Å². The molecule has 0 unspecified atom stereocenters. The standard InChI is InChI=1S/C33H30N4O3/c1-2-21-39-30-19-15-27(16-20-30)33(38)35-34-22-28-23-37(29-11-7-4-8-12-29)36-32(28)26-13-17-31(18-14-26)40-24-25-9-5-3-6-10-25/h3-20,22-23H,2,21,24H2,1H3,(H,35,38)/b34-22-. The summed E-state index contributed by atoms with van der Waals surface area (Å²) in [6, 6.07) is 34.7. The SMILES string of the molecule is CCCOc1ccc(C(=O)N/N=C\c2cn(-c3ccccc3)nc2-c2ccc(OCc3ccccc3)cc2)cc1. The Labute approximate surface area is 233 Å². The fourth-order valence-electron chi connectivity index (χ4n) is 4.02. The monoisotopic (exact) mass is 530 g/mol. The summed E-state index contributed by atoms with van der Waals surface area (Å²) in [5.74, 6) is 1.19. The third-order valence-corrected chi connectivity index (χ3v) is 6.10. The number of nitrogens with zero attached hydrogens (tertiary/aromatic N) is 3. The Morgan fingerprint density at radius 1 is 0.850 bits per heavy atom. The molecule has 0 bridgehead atoms. The lowest BCUT2D eigenvalue weighted by atomic mass is 10.1. The predicted octanol–water partition coefficient (Wildman–Crippen LogP) is 6.67. The van der Waals surface area contributed by atoms with Crippen LogP contribution in [0.25, 0.3) is 16.9 Å². The summed E-state index contributed by atoms with van der Waals surface area (Å²) < 4.78 is 13.3. The largest absolute Gasteiger partial charge is 0.494 e. The zero-order valence-electron chi connectivity index (χ0n) is 22.2. The van der Waals surface area contributed by atoms with E-state index in [4.69, 9.17) is 14.6 Å². The quantitative estimate of drug-likeness (QED) is 0.153. The van der Waals surface area contributed by atoms with Crippen molar-refractivity contribution in [3.05, 3.63) is 132 Å². The fourth-order valence-corrected chi connectivity index (χ4v) is 4.02. The molecular weight excluding hydrogens is 500 g/mol. The second kappa shape index (κ2) is 13.1. The molecule has 0 aliphatic heterocycles. The molecule has 200 valence electrons. The Balaban J connectivity index is 1.32. The van der Waals surface area contributed by atoms with Crippen molar-refractivity contribution in [1.29, 1.82) is 0 Å². The first-order valence-corrected chi connectivity index (χ1v) is 13.2. The molecule has 40 heavy (non-hydrogen) atoms. The van der Waals surface area contributed by atoms with E-state index in [9.17, 15) is 4.79 Å². The van der Waals surface area contributed by atoms with Gasteiger partial charge in [-0.1, -0.05) is 55.5 Å². The first-order valence-electron chi connectivity index (χ1n) is 13.2. The lowest BCUT2D eigenvalue weighted by molar-refractivity contribution is 0.0955. The van der Waals surface area contributed by atoms with Crippen molar-refractivity contribution < 1.29 is 14.3 Å². The molecule has 1 heterocycles. The lowest BCUT2D eigenvalue weighted by Crippen LogP contribution is -2.17. The van der Waals surface area contributed by atoms with Crippen molar-refractivity contribution in [3.8, 4) is 28.4 Å². The number of para-hydroxylation sites is 1. The van der Waals surface area contributed by atoms with Gasteiger partial charge in [-0.3, -0.25) is 4.79 Å². The van der Waals surface area contributed by atoms with Crippen molar-refractivity contribution in [2.24, 2.45) is 5.10 Å². The number of aromatic nitrogens is 2. The van der Waals surface area contributed by atoms with Crippen molar-refractivity contribution in [2.75, 3.05) is 6.61 Å². The third kappa shape index (κ3) is 6.82. The van der Waals surface area contributed by atoms with E-state index >= 15 is 0 Å². The summed E-state index contributed by atoms with van der Waals surface area (Å²) in [4.78, 5) is 12.6. The van der Waals surface area contributed by atoms with Gasteiger partial charge in [0.25, 0.3) is 5.91 Å². The summed E-state index contributed by atoms with van der Waals surface area (Å²) in [7, 11) is 0. The smallest absolute Gasteiger partial charge is 0.271 e. The number of carbonyl (C=O) groups excluding carboxylic acids is 1. The van der Waals surface area contributed by atoms with E-state index in [-0.39, 0.29) is 5.91 Å². The van der Waals surface area contributed by atoms with E-state index in [1.165, 1.54) is 0 Å². The number of carbonyl (C=O) groups is 1. The van der Waals surface area contributed by atoms with Crippen LogP contribution in [0.2, 0.25) is 0 Å². The van der Waals surface area contributed by atoms with Gasteiger partial charge in [-0.05, 0) is 72.6 Å². The van der Waals surface area contributed by atoms with Crippen molar-refractivity contribution >= 4 is 12.1 Å². The van der Waals surface area contributed by atoms with Crippen molar-refractivity contribution in [1.82, 2.24) is 15.2 Å². The van der Waals surface area contributed by atoms with Gasteiger partial charge in [0.05, 0.1) is 18.5 Å². The molecule has 5 rings (SSSR count). The Bertz CT molecular complexity index is 1550. The maximum Gasteiger partial charge on any atom is 0.271 e. The van der Waals surface area contributed by atoms with Crippen LogP contribution in [-0.2, 0) is 6.61 Å². The maximum absolute atomic E-state index is 12.6. The fraction of sp³-hybridized carbons (Fsp3) is 0.121. The molecule has 0 aliphatic rings.